The Morgan fingerprint density at radius 2 is 2.08 bits per heavy atom. The number of aromatic nitrogens is 4. The monoisotopic (exact) mass is 323 g/mol. The summed E-state index contributed by atoms with van der Waals surface area (Å²) in [5, 5.41) is 12.6. The summed E-state index contributed by atoms with van der Waals surface area (Å²) in [6, 6.07) is 10.5. The minimum atomic E-state index is 0.648. The SMILES string of the molecule is COc1ccc(CC2CCN(c3cc(C)nn4cnnc34)C2)cc1. The smallest absolute Gasteiger partial charge is 0.200 e. The first kappa shape index (κ1) is 14.9. The van der Waals surface area contributed by atoms with Gasteiger partial charge in [0.25, 0.3) is 0 Å². The van der Waals surface area contributed by atoms with Crippen molar-refractivity contribution in [3.8, 4) is 5.75 Å². The highest BCUT2D eigenvalue weighted by Gasteiger charge is 2.25. The van der Waals surface area contributed by atoms with Crippen molar-refractivity contribution in [3.63, 3.8) is 0 Å². The molecule has 0 N–H and O–H groups in total. The molecule has 0 spiro atoms. The number of hydrogen-bond acceptors (Lipinski definition) is 5. The summed E-state index contributed by atoms with van der Waals surface area (Å²) in [7, 11) is 1.70. The second-order valence-corrected chi connectivity index (χ2v) is 6.42. The number of rotatable bonds is 4. The minimum Gasteiger partial charge on any atom is -0.497 e. The van der Waals surface area contributed by atoms with Crippen molar-refractivity contribution < 1.29 is 4.74 Å². The lowest BCUT2D eigenvalue weighted by Crippen LogP contribution is -2.21. The van der Waals surface area contributed by atoms with Gasteiger partial charge in [0.05, 0.1) is 18.5 Å². The molecule has 1 aliphatic heterocycles. The number of hydrogen-bond donors (Lipinski definition) is 0. The van der Waals surface area contributed by atoms with Crippen molar-refractivity contribution in [1.29, 1.82) is 0 Å². The Bertz CT molecular complexity index is 842. The summed E-state index contributed by atoms with van der Waals surface area (Å²) >= 11 is 0. The number of nitrogens with zero attached hydrogens (tertiary/aromatic N) is 5. The lowest BCUT2D eigenvalue weighted by atomic mass is 9.99. The average Bonchev–Trinajstić information content (AvgIpc) is 3.24. The summed E-state index contributed by atoms with van der Waals surface area (Å²) in [5.41, 5.74) is 4.32. The summed E-state index contributed by atoms with van der Waals surface area (Å²) in [6.07, 6.45) is 3.94. The van der Waals surface area contributed by atoms with E-state index in [1.54, 1.807) is 18.0 Å². The average molecular weight is 323 g/mol. The van der Waals surface area contributed by atoms with Gasteiger partial charge in [0.2, 0.25) is 5.65 Å². The van der Waals surface area contributed by atoms with E-state index in [4.69, 9.17) is 4.74 Å². The normalized spacial score (nSPS) is 17.6. The summed E-state index contributed by atoms with van der Waals surface area (Å²) < 4.78 is 6.99. The van der Waals surface area contributed by atoms with E-state index in [1.807, 2.05) is 19.1 Å². The molecule has 0 amide bonds. The fourth-order valence-electron chi connectivity index (χ4n) is 3.48. The van der Waals surface area contributed by atoms with Crippen LogP contribution >= 0.6 is 0 Å². The van der Waals surface area contributed by atoms with Gasteiger partial charge in [-0.25, -0.2) is 0 Å². The van der Waals surface area contributed by atoms with E-state index in [1.165, 1.54) is 12.0 Å². The molecule has 124 valence electrons. The van der Waals surface area contributed by atoms with Crippen LogP contribution in [0.3, 0.4) is 0 Å². The molecule has 6 nitrogen and oxygen atoms in total. The van der Waals surface area contributed by atoms with Crippen LogP contribution in [-0.4, -0.2) is 40.0 Å². The van der Waals surface area contributed by atoms with Gasteiger partial charge in [0.15, 0.2) is 0 Å². The van der Waals surface area contributed by atoms with E-state index in [0.717, 1.165) is 42.3 Å². The maximum atomic E-state index is 5.23. The Balaban J connectivity index is 1.50. The number of benzene rings is 1. The van der Waals surface area contributed by atoms with E-state index in [-0.39, 0.29) is 0 Å². The van der Waals surface area contributed by atoms with Gasteiger partial charge in [-0.15, -0.1) is 10.2 Å². The molecular weight excluding hydrogens is 302 g/mol. The van der Waals surface area contributed by atoms with Crippen LogP contribution in [0.1, 0.15) is 17.7 Å². The molecule has 1 unspecified atom stereocenters. The molecule has 1 saturated heterocycles. The van der Waals surface area contributed by atoms with E-state index in [2.05, 4.69) is 38.4 Å². The van der Waals surface area contributed by atoms with Gasteiger partial charge in [-0.2, -0.15) is 9.61 Å². The maximum absolute atomic E-state index is 5.23. The molecule has 2 aromatic heterocycles. The Morgan fingerprint density at radius 1 is 1.25 bits per heavy atom. The zero-order valence-corrected chi connectivity index (χ0v) is 14.0. The first-order chi connectivity index (χ1) is 11.7. The van der Waals surface area contributed by atoms with Crippen LogP contribution < -0.4 is 9.64 Å². The fourth-order valence-corrected chi connectivity index (χ4v) is 3.48. The van der Waals surface area contributed by atoms with Crippen LogP contribution in [0.4, 0.5) is 5.69 Å². The van der Waals surface area contributed by atoms with Crippen molar-refractivity contribution >= 4 is 11.3 Å². The van der Waals surface area contributed by atoms with Crippen LogP contribution in [0.15, 0.2) is 36.7 Å². The predicted molar refractivity (Wildman–Crippen MR) is 92.5 cm³/mol. The highest BCUT2D eigenvalue weighted by atomic mass is 16.5. The second kappa shape index (κ2) is 6.11. The molecule has 0 aliphatic carbocycles. The van der Waals surface area contributed by atoms with E-state index >= 15 is 0 Å². The third kappa shape index (κ3) is 2.79. The third-order valence-corrected chi connectivity index (χ3v) is 4.68. The van der Waals surface area contributed by atoms with Crippen molar-refractivity contribution in [2.24, 2.45) is 5.92 Å². The highest BCUT2D eigenvalue weighted by Crippen LogP contribution is 2.29. The van der Waals surface area contributed by atoms with Gasteiger partial charge >= 0.3 is 0 Å². The van der Waals surface area contributed by atoms with Crippen LogP contribution in [-0.2, 0) is 6.42 Å². The molecule has 0 radical (unpaired) electrons. The number of aryl methyl sites for hydroxylation is 1. The number of ether oxygens (including phenoxy) is 1. The molecule has 1 aliphatic rings. The molecule has 4 rings (SSSR count). The van der Waals surface area contributed by atoms with Crippen molar-refractivity contribution in [2.75, 3.05) is 25.1 Å². The van der Waals surface area contributed by atoms with E-state index < -0.39 is 0 Å². The van der Waals surface area contributed by atoms with Crippen LogP contribution in [0.5, 0.6) is 5.75 Å². The van der Waals surface area contributed by atoms with Gasteiger partial charge in [-0.1, -0.05) is 12.1 Å². The summed E-state index contributed by atoms with van der Waals surface area (Å²) in [5.74, 6) is 1.56. The van der Waals surface area contributed by atoms with Gasteiger partial charge < -0.3 is 9.64 Å². The summed E-state index contributed by atoms with van der Waals surface area (Å²) in [4.78, 5) is 2.41. The standard InChI is InChI=1S/C18H21N5O/c1-13-9-17(18-20-19-12-23(18)21-13)22-8-7-15(11-22)10-14-3-5-16(24-2)6-4-14/h3-6,9,12,15H,7-8,10-11H2,1-2H3. The quantitative estimate of drug-likeness (QED) is 0.738. The van der Waals surface area contributed by atoms with Gasteiger partial charge in [0.1, 0.15) is 12.1 Å². The Labute approximate surface area is 141 Å². The number of methoxy groups -OCH3 is 1. The molecule has 1 aromatic carbocycles. The lowest BCUT2D eigenvalue weighted by molar-refractivity contribution is 0.414. The van der Waals surface area contributed by atoms with Crippen LogP contribution in [0, 0.1) is 12.8 Å². The van der Waals surface area contributed by atoms with Gasteiger partial charge in [-0.05, 0) is 49.4 Å². The van der Waals surface area contributed by atoms with Gasteiger partial charge in [-0.3, -0.25) is 0 Å². The zero-order valence-electron chi connectivity index (χ0n) is 14.0. The van der Waals surface area contributed by atoms with Crippen LogP contribution in [0.25, 0.3) is 5.65 Å². The Morgan fingerprint density at radius 3 is 2.88 bits per heavy atom. The minimum absolute atomic E-state index is 0.648. The topological polar surface area (TPSA) is 55.5 Å². The molecule has 3 heterocycles. The molecule has 24 heavy (non-hydrogen) atoms. The Hall–Kier alpha value is -2.63. The molecule has 3 aromatic rings. The molecule has 0 bridgehead atoms. The van der Waals surface area contributed by atoms with E-state index in [0.29, 0.717) is 5.92 Å². The first-order valence-corrected chi connectivity index (χ1v) is 8.28. The summed E-state index contributed by atoms with van der Waals surface area (Å²) in [6.45, 7) is 4.10. The first-order valence-electron chi connectivity index (χ1n) is 8.28. The molecule has 1 fully saturated rings. The Kier molecular flexibility index (Phi) is 3.80. The van der Waals surface area contributed by atoms with Crippen molar-refractivity contribution in [1.82, 2.24) is 19.8 Å². The molecule has 6 heteroatoms. The number of fused-ring (bicyclic) bond motifs is 1. The lowest BCUT2D eigenvalue weighted by Gasteiger charge is -2.19. The maximum Gasteiger partial charge on any atom is 0.200 e. The van der Waals surface area contributed by atoms with Gasteiger partial charge in [0, 0.05) is 13.1 Å². The fraction of sp³-hybridized carbons (Fsp3) is 0.389. The van der Waals surface area contributed by atoms with Crippen molar-refractivity contribution in [2.45, 2.75) is 19.8 Å². The molecule has 1 atom stereocenters. The third-order valence-electron chi connectivity index (χ3n) is 4.68. The van der Waals surface area contributed by atoms with Crippen LogP contribution in [0.2, 0.25) is 0 Å². The second-order valence-electron chi connectivity index (χ2n) is 6.42. The van der Waals surface area contributed by atoms with E-state index in [9.17, 15) is 0 Å². The predicted octanol–water partition coefficient (Wildman–Crippen LogP) is 2.51. The number of anilines is 1. The largest absolute Gasteiger partial charge is 0.497 e. The van der Waals surface area contributed by atoms with Crippen molar-refractivity contribution in [3.05, 3.63) is 47.9 Å². The molecule has 0 saturated carbocycles. The zero-order chi connectivity index (χ0) is 16.5. The highest BCUT2D eigenvalue weighted by molar-refractivity contribution is 5.68. The molecular formula is C18H21N5O.